The Morgan fingerprint density at radius 3 is 2.41 bits per heavy atom. The number of phosphoric ester groups is 1. The minimum atomic E-state index is -4.83. The zero-order valence-corrected chi connectivity index (χ0v) is 22.4. The highest BCUT2D eigenvalue weighted by Crippen LogP contribution is 2.74. The van der Waals surface area contributed by atoms with Gasteiger partial charge in [0.1, 0.15) is 11.4 Å². The summed E-state index contributed by atoms with van der Waals surface area (Å²) in [7, 11) is -4.83. The van der Waals surface area contributed by atoms with E-state index in [4.69, 9.17) is 37.5 Å². The van der Waals surface area contributed by atoms with Crippen LogP contribution in [0.25, 0.3) is 0 Å². The zero-order chi connectivity index (χ0) is 26.0. The number of benzene rings is 2. The van der Waals surface area contributed by atoms with Crippen LogP contribution in [0.1, 0.15) is 56.6 Å². The topological polar surface area (TPSA) is 106 Å². The lowest BCUT2D eigenvalue weighted by atomic mass is 9.43. The molecule has 2 aromatic carbocycles. The van der Waals surface area contributed by atoms with E-state index in [1.54, 1.807) is 36.1 Å². The molecule has 8 nitrogen and oxygen atoms in total. The normalized spacial score (nSPS) is 36.9. The van der Waals surface area contributed by atoms with E-state index in [-0.39, 0.29) is 34.8 Å². The summed E-state index contributed by atoms with van der Waals surface area (Å²) in [4.78, 5) is 46.2. The molecular weight excluding hydrogens is 540 g/mol. The van der Waals surface area contributed by atoms with Crippen molar-refractivity contribution in [2.24, 2.45) is 17.8 Å². The van der Waals surface area contributed by atoms with Gasteiger partial charge in [0.2, 0.25) is 5.91 Å². The number of halogens is 2. The van der Waals surface area contributed by atoms with Gasteiger partial charge in [-0.25, -0.2) is 14.3 Å². The van der Waals surface area contributed by atoms with Crippen LogP contribution < -0.4 is 9.42 Å². The van der Waals surface area contributed by atoms with Crippen LogP contribution in [-0.4, -0.2) is 26.2 Å². The van der Waals surface area contributed by atoms with Gasteiger partial charge in [-0.15, -0.1) is 11.6 Å². The van der Waals surface area contributed by atoms with Gasteiger partial charge in [0.25, 0.3) is 0 Å². The fourth-order valence-corrected chi connectivity index (χ4v) is 9.34. The maximum absolute atomic E-state index is 13.3. The van der Waals surface area contributed by atoms with Gasteiger partial charge in [0, 0.05) is 27.4 Å². The fraction of sp³-hybridized carbons (Fsp3) is 0.500. The van der Waals surface area contributed by atoms with Crippen LogP contribution in [-0.2, 0) is 24.7 Å². The molecule has 1 saturated heterocycles. The summed E-state index contributed by atoms with van der Waals surface area (Å²) in [5.41, 5.74) is 0.613. The van der Waals surface area contributed by atoms with Crippen LogP contribution >= 0.6 is 31.0 Å². The van der Waals surface area contributed by atoms with Crippen LogP contribution in [0.4, 0.5) is 11.4 Å². The second-order valence-corrected chi connectivity index (χ2v) is 13.5. The molecule has 4 bridgehead atoms. The first-order chi connectivity index (χ1) is 17.5. The molecule has 0 aromatic heterocycles. The average molecular weight is 566 g/mol. The maximum atomic E-state index is 13.3. The Hall–Kier alpha value is -1.64. The highest BCUT2D eigenvalue weighted by atomic mass is 35.5. The van der Waals surface area contributed by atoms with Gasteiger partial charge in [-0.1, -0.05) is 24.6 Å². The Kier molecular flexibility index (Phi) is 5.09. The lowest BCUT2D eigenvalue weighted by molar-refractivity contribution is -0.582. The third-order valence-corrected chi connectivity index (χ3v) is 10.3. The number of anilines is 2. The minimum absolute atomic E-state index is 0.0175. The van der Waals surface area contributed by atoms with Crippen molar-refractivity contribution < 1.29 is 33.4 Å². The summed E-state index contributed by atoms with van der Waals surface area (Å²) in [6.07, 6.45) is 4.76. The first kappa shape index (κ1) is 24.4. The molecule has 4 aliphatic carbocycles. The Labute approximate surface area is 224 Å². The SMILES string of the molecule is CCC(=O)N1c2cc(Cl)ccc2C2(OOC23C2CC4CC3CC(Cl)(C4)C2)c2cc(OP(=O)(O)O)ccc21. The van der Waals surface area contributed by atoms with Crippen molar-refractivity contribution in [3.05, 3.63) is 52.5 Å². The van der Waals surface area contributed by atoms with Crippen LogP contribution in [0.3, 0.4) is 0 Å². The second kappa shape index (κ2) is 7.72. The molecule has 3 unspecified atom stereocenters. The summed E-state index contributed by atoms with van der Waals surface area (Å²) in [6.45, 7) is 1.78. The van der Waals surface area contributed by atoms with E-state index in [0.717, 1.165) is 37.7 Å². The molecule has 0 radical (unpaired) electrons. The zero-order valence-electron chi connectivity index (χ0n) is 20.0. The first-order valence-corrected chi connectivity index (χ1v) is 14.9. The lowest BCUT2D eigenvalue weighted by Crippen LogP contribution is -2.78. The van der Waals surface area contributed by atoms with Crippen molar-refractivity contribution in [1.29, 1.82) is 0 Å². The number of carbonyl (C=O) groups excluding carboxylic acids is 1. The van der Waals surface area contributed by atoms with Crippen LogP contribution in [0.2, 0.25) is 5.02 Å². The molecule has 2 spiro atoms. The lowest BCUT2D eigenvalue weighted by Gasteiger charge is -2.72. The van der Waals surface area contributed by atoms with Crippen LogP contribution in [0.5, 0.6) is 5.75 Å². The van der Waals surface area contributed by atoms with Crippen molar-refractivity contribution in [2.75, 3.05) is 4.90 Å². The highest BCUT2D eigenvalue weighted by Gasteiger charge is 2.79. The number of nitrogens with zero attached hydrogens (tertiary/aromatic N) is 1. The van der Waals surface area contributed by atoms with Gasteiger partial charge in [-0.05, 0) is 80.2 Å². The van der Waals surface area contributed by atoms with Crippen molar-refractivity contribution >= 4 is 48.3 Å². The number of amides is 1. The number of phosphoric acid groups is 1. The van der Waals surface area contributed by atoms with Gasteiger partial charge < -0.3 is 4.52 Å². The van der Waals surface area contributed by atoms with E-state index in [0.29, 0.717) is 27.9 Å². The monoisotopic (exact) mass is 565 g/mol. The average Bonchev–Trinajstić information content (AvgIpc) is 2.79. The van der Waals surface area contributed by atoms with Crippen molar-refractivity contribution in [3.63, 3.8) is 0 Å². The molecule has 2 aliphatic heterocycles. The Balaban J connectivity index is 1.50. The molecule has 4 saturated carbocycles. The highest BCUT2D eigenvalue weighted by molar-refractivity contribution is 7.46. The Morgan fingerprint density at radius 2 is 1.81 bits per heavy atom. The molecule has 3 atom stereocenters. The fourth-order valence-electron chi connectivity index (χ4n) is 8.19. The van der Waals surface area contributed by atoms with Gasteiger partial charge in [0.05, 0.1) is 11.4 Å². The van der Waals surface area contributed by atoms with Crippen LogP contribution in [0.15, 0.2) is 36.4 Å². The molecule has 11 heteroatoms. The summed E-state index contributed by atoms with van der Waals surface area (Å²) < 4.78 is 16.7. The third-order valence-electron chi connectivity index (χ3n) is 9.13. The minimum Gasteiger partial charge on any atom is -0.404 e. The van der Waals surface area contributed by atoms with Crippen molar-refractivity contribution in [3.8, 4) is 5.75 Å². The molecule has 2 heterocycles. The van der Waals surface area contributed by atoms with E-state index in [1.807, 2.05) is 6.07 Å². The molecule has 1 amide bonds. The number of hydrogen-bond acceptors (Lipinski definition) is 5. The summed E-state index contributed by atoms with van der Waals surface area (Å²) in [5, 5.41) is 0.479. The van der Waals surface area contributed by atoms with E-state index < -0.39 is 19.0 Å². The molecule has 2 aromatic rings. The molecule has 8 rings (SSSR count). The van der Waals surface area contributed by atoms with Gasteiger partial charge in [-0.2, -0.15) is 0 Å². The first-order valence-electron chi connectivity index (χ1n) is 12.6. The number of alkyl halides is 1. The molecular formula is C26H26Cl2NO7P. The Morgan fingerprint density at radius 1 is 1.08 bits per heavy atom. The van der Waals surface area contributed by atoms with E-state index in [9.17, 15) is 19.1 Å². The van der Waals surface area contributed by atoms with E-state index in [2.05, 4.69) is 0 Å². The standard InChI is InChI=1S/C26H26Cl2NO7P/c1-2-23(30)29-21-6-4-18(34-37(31,32)33)10-20(21)26(19-5-3-17(27)9-22(19)29)25(35-36-26)15-7-14-8-16(25)13-24(28,11-14)12-15/h3-6,9-10,14-16H,2,7-8,11-13H2,1H3,(H2,31,32,33). The molecule has 196 valence electrons. The van der Waals surface area contributed by atoms with Gasteiger partial charge >= 0.3 is 7.82 Å². The van der Waals surface area contributed by atoms with Crippen LogP contribution in [0, 0.1) is 17.8 Å². The third kappa shape index (κ3) is 3.18. The largest absolute Gasteiger partial charge is 0.524 e. The molecule has 6 aliphatic rings. The second-order valence-electron chi connectivity index (χ2n) is 11.1. The van der Waals surface area contributed by atoms with Crippen molar-refractivity contribution in [2.45, 2.75) is 61.5 Å². The number of fused-ring (bicyclic) bond motifs is 4. The summed E-state index contributed by atoms with van der Waals surface area (Å²) >= 11 is 13.5. The van der Waals surface area contributed by atoms with Gasteiger partial charge in [0.15, 0.2) is 5.60 Å². The number of rotatable bonds is 3. The number of hydrogen-bond donors (Lipinski definition) is 2. The molecule has 2 N–H and O–H groups in total. The predicted molar refractivity (Wildman–Crippen MR) is 136 cm³/mol. The molecule has 37 heavy (non-hydrogen) atoms. The van der Waals surface area contributed by atoms with Gasteiger partial charge in [-0.3, -0.25) is 19.5 Å². The Bertz CT molecular complexity index is 1380. The molecule has 5 fully saturated rings. The summed E-state index contributed by atoms with van der Waals surface area (Å²) in [6, 6.07) is 10.1. The van der Waals surface area contributed by atoms with E-state index >= 15 is 0 Å². The van der Waals surface area contributed by atoms with Crippen molar-refractivity contribution in [1.82, 2.24) is 0 Å². The summed E-state index contributed by atoms with van der Waals surface area (Å²) in [5.74, 6) is 0.581. The maximum Gasteiger partial charge on any atom is 0.524 e. The smallest absolute Gasteiger partial charge is 0.404 e. The quantitative estimate of drug-likeness (QED) is 0.268. The number of carbonyl (C=O) groups is 1. The predicted octanol–water partition coefficient (Wildman–Crippen LogP) is 5.96. The van der Waals surface area contributed by atoms with E-state index in [1.165, 1.54) is 6.07 Å².